The van der Waals surface area contributed by atoms with Crippen LogP contribution in [0.15, 0.2) is 65.5 Å². The van der Waals surface area contributed by atoms with Crippen LogP contribution in [0.25, 0.3) is 33.5 Å². The molecule has 0 saturated carbocycles. The maximum absolute atomic E-state index is 5.38. The number of aryl methyl sites for hydroxylation is 2. The molecule has 0 radical (unpaired) electrons. The molecule has 0 N–H and O–H groups in total. The fraction of sp³-hybridized carbons (Fsp3) is 0.100. The standard InChI is InChI=1S/C20H16N2O/c1-13-5-3-6-14(2)19(13)20-16(7-4-9-21-20)17-11-15-8-10-23-18(15)12-22-17/h3-12H,1-2H3. The van der Waals surface area contributed by atoms with Crippen LogP contribution in [0.5, 0.6) is 0 Å². The third kappa shape index (κ3) is 2.30. The highest BCUT2D eigenvalue weighted by molar-refractivity contribution is 5.86. The Morgan fingerprint density at radius 1 is 0.913 bits per heavy atom. The smallest absolute Gasteiger partial charge is 0.152 e. The zero-order valence-corrected chi connectivity index (χ0v) is 13.1. The molecule has 0 saturated heterocycles. The first-order valence-electron chi connectivity index (χ1n) is 7.59. The monoisotopic (exact) mass is 300 g/mol. The van der Waals surface area contributed by atoms with Gasteiger partial charge in [-0.1, -0.05) is 18.2 Å². The molecule has 0 aliphatic rings. The molecular formula is C20H16N2O. The molecule has 3 nitrogen and oxygen atoms in total. The zero-order valence-electron chi connectivity index (χ0n) is 13.1. The normalized spacial score (nSPS) is 11.0. The summed E-state index contributed by atoms with van der Waals surface area (Å²) in [5, 5.41) is 1.05. The van der Waals surface area contributed by atoms with Crippen molar-refractivity contribution in [2.45, 2.75) is 13.8 Å². The first-order valence-corrected chi connectivity index (χ1v) is 7.59. The third-order valence-corrected chi connectivity index (χ3v) is 4.14. The van der Waals surface area contributed by atoms with Crippen molar-refractivity contribution < 1.29 is 4.42 Å². The van der Waals surface area contributed by atoms with Gasteiger partial charge in [-0.2, -0.15) is 0 Å². The van der Waals surface area contributed by atoms with Gasteiger partial charge in [-0.25, -0.2) is 0 Å². The minimum atomic E-state index is 0.797. The SMILES string of the molecule is Cc1cccc(C)c1-c1ncccc1-c1cc2ccoc2cn1. The summed E-state index contributed by atoms with van der Waals surface area (Å²) in [5.74, 6) is 0. The fourth-order valence-corrected chi connectivity index (χ4v) is 3.01. The van der Waals surface area contributed by atoms with Crippen molar-refractivity contribution >= 4 is 11.0 Å². The molecule has 0 atom stereocenters. The summed E-state index contributed by atoms with van der Waals surface area (Å²) in [4.78, 5) is 9.21. The van der Waals surface area contributed by atoms with Crippen molar-refractivity contribution in [3.63, 3.8) is 0 Å². The van der Waals surface area contributed by atoms with Crippen LogP contribution in [-0.4, -0.2) is 9.97 Å². The van der Waals surface area contributed by atoms with Crippen LogP contribution in [0, 0.1) is 13.8 Å². The lowest BCUT2D eigenvalue weighted by Crippen LogP contribution is -1.95. The number of fused-ring (bicyclic) bond motifs is 1. The van der Waals surface area contributed by atoms with E-state index >= 15 is 0 Å². The molecule has 0 aliphatic carbocycles. The minimum absolute atomic E-state index is 0.797. The second kappa shape index (κ2) is 5.36. The summed E-state index contributed by atoms with van der Waals surface area (Å²) in [6.45, 7) is 4.24. The van der Waals surface area contributed by atoms with E-state index in [0.29, 0.717) is 0 Å². The van der Waals surface area contributed by atoms with E-state index in [4.69, 9.17) is 4.42 Å². The summed E-state index contributed by atoms with van der Waals surface area (Å²) in [6.07, 6.45) is 5.29. The van der Waals surface area contributed by atoms with Gasteiger partial charge in [-0.05, 0) is 49.2 Å². The van der Waals surface area contributed by atoms with Crippen LogP contribution < -0.4 is 0 Å². The van der Waals surface area contributed by atoms with Crippen molar-refractivity contribution in [3.05, 3.63) is 72.2 Å². The molecule has 3 heteroatoms. The lowest BCUT2D eigenvalue weighted by atomic mass is 9.95. The van der Waals surface area contributed by atoms with Gasteiger partial charge in [-0.15, -0.1) is 0 Å². The van der Waals surface area contributed by atoms with E-state index in [-0.39, 0.29) is 0 Å². The number of aromatic nitrogens is 2. The van der Waals surface area contributed by atoms with Crippen LogP contribution in [0.2, 0.25) is 0 Å². The van der Waals surface area contributed by atoms with E-state index in [2.05, 4.69) is 48.1 Å². The Bertz CT molecular complexity index is 981. The predicted octanol–water partition coefficient (Wildman–Crippen LogP) is 5.17. The Morgan fingerprint density at radius 3 is 2.57 bits per heavy atom. The van der Waals surface area contributed by atoms with Gasteiger partial charge in [0.25, 0.3) is 0 Å². The molecule has 4 aromatic rings. The molecular weight excluding hydrogens is 284 g/mol. The number of hydrogen-bond acceptors (Lipinski definition) is 3. The molecule has 3 heterocycles. The van der Waals surface area contributed by atoms with E-state index in [0.717, 1.165) is 27.9 Å². The molecule has 3 aromatic heterocycles. The highest BCUT2D eigenvalue weighted by Gasteiger charge is 2.14. The highest BCUT2D eigenvalue weighted by Crippen LogP contribution is 2.34. The van der Waals surface area contributed by atoms with E-state index in [1.165, 1.54) is 16.7 Å². The summed E-state index contributed by atoms with van der Waals surface area (Å²) in [6, 6.07) is 14.3. The van der Waals surface area contributed by atoms with Crippen LogP contribution >= 0.6 is 0 Å². The molecule has 0 aliphatic heterocycles. The second-order valence-electron chi connectivity index (χ2n) is 5.69. The molecule has 23 heavy (non-hydrogen) atoms. The van der Waals surface area contributed by atoms with Crippen LogP contribution in [0.3, 0.4) is 0 Å². The first kappa shape index (κ1) is 13.7. The third-order valence-electron chi connectivity index (χ3n) is 4.14. The summed E-state index contributed by atoms with van der Waals surface area (Å²) in [5.41, 5.74) is 7.32. The van der Waals surface area contributed by atoms with Crippen molar-refractivity contribution in [2.24, 2.45) is 0 Å². The number of furan rings is 1. The number of hydrogen-bond donors (Lipinski definition) is 0. The van der Waals surface area contributed by atoms with E-state index in [1.807, 2.05) is 24.4 Å². The van der Waals surface area contributed by atoms with E-state index in [9.17, 15) is 0 Å². The van der Waals surface area contributed by atoms with Gasteiger partial charge in [-0.3, -0.25) is 9.97 Å². The Hall–Kier alpha value is -2.94. The van der Waals surface area contributed by atoms with Gasteiger partial charge in [0.05, 0.1) is 23.8 Å². The Balaban J connectivity index is 1.97. The fourth-order valence-electron chi connectivity index (χ4n) is 3.01. The summed E-state index contributed by atoms with van der Waals surface area (Å²) >= 11 is 0. The molecule has 112 valence electrons. The minimum Gasteiger partial charge on any atom is -0.463 e. The molecule has 0 spiro atoms. The number of benzene rings is 1. The predicted molar refractivity (Wildman–Crippen MR) is 92.2 cm³/mol. The van der Waals surface area contributed by atoms with Crippen molar-refractivity contribution in [1.82, 2.24) is 9.97 Å². The second-order valence-corrected chi connectivity index (χ2v) is 5.69. The lowest BCUT2D eigenvalue weighted by molar-refractivity contribution is 0.614. The van der Waals surface area contributed by atoms with E-state index < -0.39 is 0 Å². The van der Waals surface area contributed by atoms with Gasteiger partial charge in [0.2, 0.25) is 0 Å². The zero-order chi connectivity index (χ0) is 15.8. The number of rotatable bonds is 2. The summed E-state index contributed by atoms with van der Waals surface area (Å²) in [7, 11) is 0. The molecule has 0 bridgehead atoms. The Labute approximate surface area is 134 Å². The lowest BCUT2D eigenvalue weighted by Gasteiger charge is -2.13. The van der Waals surface area contributed by atoms with Gasteiger partial charge >= 0.3 is 0 Å². The largest absolute Gasteiger partial charge is 0.463 e. The highest BCUT2D eigenvalue weighted by atomic mass is 16.3. The molecule has 0 fully saturated rings. The van der Waals surface area contributed by atoms with Crippen molar-refractivity contribution in [3.8, 4) is 22.5 Å². The Morgan fingerprint density at radius 2 is 1.74 bits per heavy atom. The van der Waals surface area contributed by atoms with Gasteiger partial charge in [0, 0.05) is 22.7 Å². The average Bonchev–Trinajstić information content (AvgIpc) is 3.03. The van der Waals surface area contributed by atoms with Gasteiger partial charge in [0.1, 0.15) is 0 Å². The van der Waals surface area contributed by atoms with Crippen LogP contribution in [0.4, 0.5) is 0 Å². The molecule has 0 amide bonds. The summed E-state index contributed by atoms with van der Waals surface area (Å²) < 4.78 is 5.38. The average molecular weight is 300 g/mol. The van der Waals surface area contributed by atoms with Crippen LogP contribution in [0.1, 0.15) is 11.1 Å². The first-order chi connectivity index (χ1) is 11.2. The number of pyridine rings is 2. The van der Waals surface area contributed by atoms with Gasteiger partial charge < -0.3 is 4.42 Å². The van der Waals surface area contributed by atoms with Gasteiger partial charge in [0.15, 0.2) is 5.58 Å². The maximum atomic E-state index is 5.38. The molecule has 1 aromatic carbocycles. The molecule has 0 unspecified atom stereocenters. The number of nitrogens with zero attached hydrogens (tertiary/aromatic N) is 2. The quantitative estimate of drug-likeness (QED) is 0.512. The van der Waals surface area contributed by atoms with E-state index in [1.54, 1.807) is 12.5 Å². The topological polar surface area (TPSA) is 38.9 Å². The molecule has 4 rings (SSSR count). The van der Waals surface area contributed by atoms with Crippen molar-refractivity contribution in [1.29, 1.82) is 0 Å². The maximum Gasteiger partial charge on any atom is 0.152 e. The Kier molecular flexibility index (Phi) is 3.19. The van der Waals surface area contributed by atoms with Crippen molar-refractivity contribution in [2.75, 3.05) is 0 Å². The van der Waals surface area contributed by atoms with Crippen LogP contribution in [-0.2, 0) is 0 Å².